The molecule has 9 heteroatoms. The van der Waals surface area contributed by atoms with Crippen molar-refractivity contribution in [3.63, 3.8) is 0 Å². The molecule has 0 bridgehead atoms. The van der Waals surface area contributed by atoms with Crippen LogP contribution in [-0.4, -0.2) is 48.4 Å². The van der Waals surface area contributed by atoms with Crippen LogP contribution in [0.2, 0.25) is 0 Å². The van der Waals surface area contributed by atoms with E-state index in [0.717, 1.165) is 30.2 Å². The van der Waals surface area contributed by atoms with E-state index in [1.165, 1.54) is 0 Å². The molecule has 2 heterocycles. The number of benzene rings is 1. The Balaban J connectivity index is 1.46. The molecular formula is C25H31N5O4. The second-order valence-electron chi connectivity index (χ2n) is 9.70. The fourth-order valence-corrected chi connectivity index (χ4v) is 4.54. The summed E-state index contributed by atoms with van der Waals surface area (Å²) in [6.45, 7) is 2.73. The first kappa shape index (κ1) is 23.6. The molecule has 1 aliphatic heterocycles. The summed E-state index contributed by atoms with van der Waals surface area (Å²) in [6.07, 6.45) is 4.26. The van der Waals surface area contributed by atoms with Gasteiger partial charge in [0.15, 0.2) is 0 Å². The van der Waals surface area contributed by atoms with Crippen molar-refractivity contribution >= 4 is 28.6 Å². The normalized spacial score (nSPS) is 20.5. The van der Waals surface area contributed by atoms with Crippen LogP contribution < -0.4 is 20.7 Å². The Morgan fingerprint density at radius 3 is 2.79 bits per heavy atom. The van der Waals surface area contributed by atoms with E-state index in [1.807, 2.05) is 18.2 Å². The Morgan fingerprint density at radius 2 is 2.12 bits per heavy atom. The number of carbonyl (C=O) groups is 3. The second-order valence-corrected chi connectivity index (χ2v) is 9.70. The van der Waals surface area contributed by atoms with Crippen molar-refractivity contribution < 1.29 is 19.1 Å². The molecule has 1 aliphatic carbocycles. The SMILES string of the molecule is COc1cccc2[nH]c(C(=O)NC(CC3(C)CC3)C(=O)N[C@H](C#N)CC3CCCNC3=O)cc12. The summed E-state index contributed by atoms with van der Waals surface area (Å²) in [7, 11) is 1.57. The number of hydrogen-bond acceptors (Lipinski definition) is 5. The number of carbonyl (C=O) groups excluding carboxylic acids is 3. The highest BCUT2D eigenvalue weighted by Crippen LogP contribution is 2.49. The number of amides is 3. The number of nitrogens with zero attached hydrogens (tertiary/aromatic N) is 1. The number of rotatable bonds is 9. The summed E-state index contributed by atoms with van der Waals surface area (Å²) in [5.74, 6) is -0.531. The van der Waals surface area contributed by atoms with E-state index in [1.54, 1.807) is 13.2 Å². The molecule has 4 rings (SSSR count). The summed E-state index contributed by atoms with van der Waals surface area (Å²) < 4.78 is 5.37. The lowest BCUT2D eigenvalue weighted by atomic mass is 9.91. The Hall–Kier alpha value is -3.54. The lowest BCUT2D eigenvalue weighted by Gasteiger charge is -2.26. The number of aromatic amines is 1. The van der Waals surface area contributed by atoms with Crippen LogP contribution in [0.15, 0.2) is 24.3 Å². The molecular weight excluding hydrogens is 434 g/mol. The van der Waals surface area contributed by atoms with E-state index in [9.17, 15) is 19.6 Å². The largest absolute Gasteiger partial charge is 0.496 e. The van der Waals surface area contributed by atoms with Gasteiger partial charge < -0.3 is 25.7 Å². The molecule has 2 aromatic rings. The number of H-pyrrole nitrogens is 1. The van der Waals surface area contributed by atoms with Gasteiger partial charge in [0.2, 0.25) is 11.8 Å². The number of ether oxygens (including phenoxy) is 1. The number of nitriles is 1. The molecule has 0 radical (unpaired) electrons. The number of fused-ring (bicyclic) bond motifs is 1. The number of aromatic nitrogens is 1. The molecule has 3 atom stereocenters. The minimum Gasteiger partial charge on any atom is -0.496 e. The molecule has 34 heavy (non-hydrogen) atoms. The lowest BCUT2D eigenvalue weighted by Crippen LogP contribution is -2.51. The van der Waals surface area contributed by atoms with Crippen molar-refractivity contribution in [2.24, 2.45) is 11.3 Å². The Kier molecular flexibility index (Phi) is 6.77. The predicted octanol–water partition coefficient (Wildman–Crippen LogP) is 2.39. The van der Waals surface area contributed by atoms with Crippen LogP contribution in [0.4, 0.5) is 0 Å². The highest BCUT2D eigenvalue weighted by molar-refractivity contribution is 6.01. The number of piperidine rings is 1. The number of nitrogens with one attached hydrogen (secondary N) is 4. The summed E-state index contributed by atoms with van der Waals surface area (Å²) in [4.78, 5) is 41.4. The molecule has 1 saturated carbocycles. The zero-order chi connectivity index (χ0) is 24.3. The molecule has 2 aliphatic rings. The third-order valence-electron chi connectivity index (χ3n) is 6.90. The van der Waals surface area contributed by atoms with Crippen LogP contribution in [0.5, 0.6) is 5.75 Å². The van der Waals surface area contributed by atoms with E-state index in [-0.39, 0.29) is 23.7 Å². The van der Waals surface area contributed by atoms with Gasteiger partial charge in [0, 0.05) is 23.4 Å². The molecule has 1 saturated heterocycles. The van der Waals surface area contributed by atoms with Crippen LogP contribution >= 0.6 is 0 Å². The maximum absolute atomic E-state index is 13.2. The standard InChI is InChI=1S/C25H31N5O4/c1-25(8-9-25)13-20(24(33)28-16(14-26)11-15-5-4-10-27-22(15)31)30-23(32)19-12-17-18(29-19)6-3-7-21(17)34-2/h3,6-7,12,15-16,20,29H,4-5,8-11,13H2,1-2H3,(H,27,31)(H,28,33)(H,30,32)/t15?,16-,20?/m0/s1. The Labute approximate surface area is 198 Å². The zero-order valence-corrected chi connectivity index (χ0v) is 19.6. The predicted molar refractivity (Wildman–Crippen MR) is 126 cm³/mol. The molecule has 4 N–H and O–H groups in total. The average Bonchev–Trinajstić information content (AvgIpc) is 3.38. The van der Waals surface area contributed by atoms with Crippen molar-refractivity contribution in [1.29, 1.82) is 5.26 Å². The third kappa shape index (κ3) is 5.33. The minimum absolute atomic E-state index is 0.00957. The number of methoxy groups -OCH3 is 1. The van der Waals surface area contributed by atoms with Gasteiger partial charge in [0.1, 0.15) is 23.5 Å². The summed E-state index contributed by atoms with van der Waals surface area (Å²) in [5, 5.41) is 18.8. The van der Waals surface area contributed by atoms with Gasteiger partial charge in [-0.3, -0.25) is 14.4 Å². The van der Waals surface area contributed by atoms with Gasteiger partial charge in [-0.1, -0.05) is 13.0 Å². The molecule has 3 amide bonds. The Bertz CT molecular complexity index is 1130. The van der Waals surface area contributed by atoms with Gasteiger partial charge in [0.25, 0.3) is 5.91 Å². The van der Waals surface area contributed by atoms with E-state index in [4.69, 9.17) is 4.74 Å². The van der Waals surface area contributed by atoms with E-state index < -0.39 is 23.9 Å². The van der Waals surface area contributed by atoms with Gasteiger partial charge in [0.05, 0.1) is 13.2 Å². The second kappa shape index (κ2) is 9.75. The quantitative estimate of drug-likeness (QED) is 0.451. The molecule has 1 aromatic carbocycles. The van der Waals surface area contributed by atoms with E-state index in [2.05, 4.69) is 33.9 Å². The molecule has 180 valence electrons. The summed E-state index contributed by atoms with van der Waals surface area (Å²) in [6, 6.07) is 7.72. The molecule has 2 fully saturated rings. The topological polar surface area (TPSA) is 136 Å². The van der Waals surface area contributed by atoms with Gasteiger partial charge in [-0.25, -0.2) is 0 Å². The van der Waals surface area contributed by atoms with Crippen LogP contribution in [0.1, 0.15) is 55.9 Å². The first-order valence-electron chi connectivity index (χ1n) is 11.8. The maximum Gasteiger partial charge on any atom is 0.268 e. The van der Waals surface area contributed by atoms with Crippen LogP contribution in [0, 0.1) is 22.7 Å². The molecule has 9 nitrogen and oxygen atoms in total. The van der Waals surface area contributed by atoms with Crippen molar-refractivity contribution in [3.05, 3.63) is 30.0 Å². The molecule has 1 aromatic heterocycles. The summed E-state index contributed by atoms with van der Waals surface area (Å²) in [5.41, 5.74) is 1.08. The summed E-state index contributed by atoms with van der Waals surface area (Å²) >= 11 is 0. The van der Waals surface area contributed by atoms with Gasteiger partial charge in [-0.15, -0.1) is 0 Å². The third-order valence-corrected chi connectivity index (χ3v) is 6.90. The Morgan fingerprint density at radius 1 is 1.32 bits per heavy atom. The van der Waals surface area contributed by atoms with Crippen molar-refractivity contribution in [1.82, 2.24) is 20.9 Å². The fourth-order valence-electron chi connectivity index (χ4n) is 4.54. The first-order valence-corrected chi connectivity index (χ1v) is 11.8. The highest BCUT2D eigenvalue weighted by Gasteiger charge is 2.42. The first-order chi connectivity index (χ1) is 16.3. The molecule has 2 unspecified atom stereocenters. The van der Waals surface area contributed by atoms with Crippen LogP contribution in [0.3, 0.4) is 0 Å². The van der Waals surface area contributed by atoms with E-state index in [0.29, 0.717) is 30.8 Å². The van der Waals surface area contributed by atoms with Gasteiger partial charge in [-0.05, 0) is 62.1 Å². The monoisotopic (exact) mass is 465 g/mol. The highest BCUT2D eigenvalue weighted by atomic mass is 16.5. The average molecular weight is 466 g/mol. The smallest absolute Gasteiger partial charge is 0.268 e. The molecule has 0 spiro atoms. The zero-order valence-electron chi connectivity index (χ0n) is 19.6. The maximum atomic E-state index is 13.2. The van der Waals surface area contributed by atoms with Gasteiger partial charge >= 0.3 is 0 Å². The number of hydrogen-bond donors (Lipinski definition) is 4. The minimum atomic E-state index is -0.801. The van der Waals surface area contributed by atoms with Crippen LogP contribution in [-0.2, 0) is 9.59 Å². The van der Waals surface area contributed by atoms with Crippen molar-refractivity contribution in [3.8, 4) is 11.8 Å². The van der Waals surface area contributed by atoms with Crippen molar-refractivity contribution in [2.45, 2.75) is 57.5 Å². The lowest BCUT2D eigenvalue weighted by molar-refractivity contribution is -0.128. The van der Waals surface area contributed by atoms with Crippen LogP contribution in [0.25, 0.3) is 10.9 Å². The van der Waals surface area contributed by atoms with E-state index >= 15 is 0 Å². The van der Waals surface area contributed by atoms with Crippen molar-refractivity contribution in [2.75, 3.05) is 13.7 Å². The van der Waals surface area contributed by atoms with Gasteiger partial charge in [-0.2, -0.15) is 5.26 Å². The fraction of sp³-hybridized carbons (Fsp3) is 0.520.